The van der Waals surface area contributed by atoms with E-state index in [0.29, 0.717) is 18.1 Å². The molecule has 1 unspecified atom stereocenters. The molecule has 0 fully saturated rings. The molecule has 0 aromatic heterocycles. The summed E-state index contributed by atoms with van der Waals surface area (Å²) in [5, 5.41) is 10.7. The molecule has 4 atom stereocenters. The molecule has 0 saturated carbocycles. The number of methoxy groups -OCH3 is 1. The summed E-state index contributed by atoms with van der Waals surface area (Å²) in [5.41, 5.74) is 3.15. The summed E-state index contributed by atoms with van der Waals surface area (Å²) in [6.45, 7) is 17.6. The Kier molecular flexibility index (Phi) is 14.0. The molecule has 0 saturated heterocycles. The van der Waals surface area contributed by atoms with Gasteiger partial charge in [0.15, 0.2) is 0 Å². The van der Waals surface area contributed by atoms with Gasteiger partial charge < -0.3 is 19.3 Å². The summed E-state index contributed by atoms with van der Waals surface area (Å²) < 4.78 is 17.1. The number of ether oxygens (including phenoxy) is 3. The van der Waals surface area contributed by atoms with E-state index in [1.165, 1.54) is 45.6 Å². The van der Waals surface area contributed by atoms with Crippen LogP contribution in [0.1, 0.15) is 128 Å². The van der Waals surface area contributed by atoms with E-state index in [0.717, 1.165) is 59.1 Å². The van der Waals surface area contributed by atoms with Gasteiger partial charge in [-0.1, -0.05) is 72.6 Å². The Hall–Kier alpha value is -2.24. The van der Waals surface area contributed by atoms with Gasteiger partial charge in [-0.3, -0.25) is 9.59 Å². The Morgan fingerprint density at radius 1 is 0.878 bits per heavy atom. The van der Waals surface area contributed by atoms with Gasteiger partial charge in [-0.15, -0.1) is 0 Å². The van der Waals surface area contributed by atoms with Crippen LogP contribution in [0.2, 0.25) is 0 Å². The SMILES string of the molecule is COC(=O)CCC(=O)OCC1Cc2c(C)c(O)c(C)c(C)c2O[C@@]1(C)CCC[C@H](C)CCC[C@@H](C)CCCC(C)C. The normalized spacial score (nSPS) is 19.8. The van der Waals surface area contributed by atoms with Crippen LogP contribution in [-0.4, -0.2) is 36.4 Å². The molecular weight excluding hydrogens is 516 g/mol. The maximum Gasteiger partial charge on any atom is 0.306 e. The highest BCUT2D eigenvalue weighted by molar-refractivity contribution is 5.77. The number of esters is 2. The summed E-state index contributed by atoms with van der Waals surface area (Å²) in [5.74, 6) is 2.56. The second kappa shape index (κ2) is 16.4. The van der Waals surface area contributed by atoms with Crippen LogP contribution < -0.4 is 4.74 Å². The number of rotatable bonds is 17. The molecule has 1 aliphatic heterocycles. The monoisotopic (exact) mass is 574 g/mol. The molecule has 6 heteroatoms. The Labute approximate surface area is 249 Å². The van der Waals surface area contributed by atoms with Crippen molar-refractivity contribution in [2.45, 2.75) is 138 Å². The molecule has 1 aromatic rings. The second-order valence-electron chi connectivity index (χ2n) is 13.5. The smallest absolute Gasteiger partial charge is 0.306 e. The third-order valence-corrected chi connectivity index (χ3v) is 9.44. The fraction of sp³-hybridized carbons (Fsp3) is 0.771. The lowest BCUT2D eigenvalue weighted by Gasteiger charge is -2.44. The first-order chi connectivity index (χ1) is 19.3. The van der Waals surface area contributed by atoms with Crippen molar-refractivity contribution in [2.24, 2.45) is 23.7 Å². The van der Waals surface area contributed by atoms with Crippen molar-refractivity contribution in [3.63, 3.8) is 0 Å². The molecule has 2 rings (SSSR count). The average molecular weight is 575 g/mol. The zero-order chi connectivity index (χ0) is 30.7. The molecule has 0 spiro atoms. The molecule has 1 aliphatic rings. The molecule has 0 bridgehead atoms. The van der Waals surface area contributed by atoms with Gasteiger partial charge in [0.2, 0.25) is 0 Å². The first kappa shape index (κ1) is 35.0. The fourth-order valence-electron chi connectivity index (χ4n) is 6.17. The molecule has 6 nitrogen and oxygen atoms in total. The minimum Gasteiger partial charge on any atom is -0.507 e. The topological polar surface area (TPSA) is 82.1 Å². The molecule has 1 aromatic carbocycles. The Bertz CT molecular complexity index is 999. The van der Waals surface area contributed by atoms with Crippen LogP contribution in [0.25, 0.3) is 0 Å². The number of aromatic hydroxyl groups is 1. The van der Waals surface area contributed by atoms with Crippen molar-refractivity contribution < 1.29 is 28.9 Å². The lowest BCUT2D eigenvalue weighted by atomic mass is 9.76. The molecule has 1 heterocycles. The predicted octanol–water partition coefficient (Wildman–Crippen LogP) is 8.56. The van der Waals surface area contributed by atoms with Gasteiger partial charge in [-0.25, -0.2) is 0 Å². The molecule has 1 N–H and O–H groups in total. The highest BCUT2D eigenvalue weighted by Crippen LogP contribution is 2.47. The van der Waals surface area contributed by atoms with Crippen LogP contribution in [0.5, 0.6) is 11.5 Å². The minimum atomic E-state index is -0.499. The molecule has 0 aliphatic carbocycles. The lowest BCUT2D eigenvalue weighted by Crippen LogP contribution is -2.48. The lowest BCUT2D eigenvalue weighted by molar-refractivity contribution is -0.152. The number of benzene rings is 1. The maximum absolute atomic E-state index is 12.4. The average Bonchev–Trinajstić information content (AvgIpc) is 2.92. The van der Waals surface area contributed by atoms with Gasteiger partial charge in [0.25, 0.3) is 0 Å². The largest absolute Gasteiger partial charge is 0.507 e. The third-order valence-electron chi connectivity index (χ3n) is 9.44. The number of carbonyl (C=O) groups excluding carboxylic acids is 2. The Balaban J connectivity index is 2.01. The van der Waals surface area contributed by atoms with Crippen LogP contribution in [-0.2, 0) is 25.5 Å². The van der Waals surface area contributed by atoms with E-state index in [1.807, 2.05) is 20.8 Å². The number of fused-ring (bicyclic) bond motifs is 1. The van der Waals surface area contributed by atoms with Crippen LogP contribution in [0.15, 0.2) is 0 Å². The van der Waals surface area contributed by atoms with E-state index in [-0.39, 0.29) is 25.4 Å². The molecular formula is C35H58O6. The highest BCUT2D eigenvalue weighted by atomic mass is 16.5. The van der Waals surface area contributed by atoms with Crippen molar-refractivity contribution in [1.82, 2.24) is 0 Å². The molecule has 0 amide bonds. The van der Waals surface area contributed by atoms with Gasteiger partial charge >= 0.3 is 11.9 Å². The van der Waals surface area contributed by atoms with Crippen LogP contribution in [0, 0.1) is 44.4 Å². The number of hydrogen-bond acceptors (Lipinski definition) is 6. The van der Waals surface area contributed by atoms with E-state index in [1.54, 1.807) is 0 Å². The summed E-state index contributed by atoms with van der Waals surface area (Å²) in [6, 6.07) is 0. The minimum absolute atomic E-state index is 0.000468. The standard InChI is InChI=1S/C35H58O6/c1-23(2)13-10-14-24(3)15-11-16-25(4)17-12-20-35(8)29(22-40-32(37)19-18-31(36)39-9)21-30-28(7)33(38)26(5)27(6)34(30)41-35/h23-25,29,38H,10-22H2,1-9H3/t24-,25+,29?,35-/m0/s1. The number of phenols is 1. The Morgan fingerprint density at radius 2 is 1.44 bits per heavy atom. The van der Waals surface area contributed by atoms with Gasteiger partial charge in [-0.2, -0.15) is 0 Å². The molecule has 234 valence electrons. The van der Waals surface area contributed by atoms with Crippen molar-refractivity contribution in [2.75, 3.05) is 13.7 Å². The van der Waals surface area contributed by atoms with Crippen LogP contribution >= 0.6 is 0 Å². The van der Waals surface area contributed by atoms with E-state index < -0.39 is 17.5 Å². The fourth-order valence-corrected chi connectivity index (χ4v) is 6.17. The number of phenolic OH excluding ortho intramolecular Hbond substituents is 1. The number of carbonyl (C=O) groups is 2. The first-order valence-electron chi connectivity index (χ1n) is 16.0. The van der Waals surface area contributed by atoms with Crippen molar-refractivity contribution in [1.29, 1.82) is 0 Å². The molecule has 0 radical (unpaired) electrons. The van der Waals surface area contributed by atoms with Crippen LogP contribution in [0.3, 0.4) is 0 Å². The summed E-state index contributed by atoms with van der Waals surface area (Å²) >= 11 is 0. The first-order valence-corrected chi connectivity index (χ1v) is 16.0. The Morgan fingerprint density at radius 3 is 2.02 bits per heavy atom. The number of hydrogen-bond donors (Lipinski definition) is 1. The van der Waals surface area contributed by atoms with Crippen molar-refractivity contribution >= 4 is 11.9 Å². The van der Waals surface area contributed by atoms with Gasteiger partial charge in [-0.05, 0) is 81.4 Å². The van der Waals surface area contributed by atoms with Gasteiger partial charge in [0.1, 0.15) is 17.1 Å². The van der Waals surface area contributed by atoms with Crippen molar-refractivity contribution in [3.05, 3.63) is 22.3 Å². The van der Waals surface area contributed by atoms with Crippen molar-refractivity contribution in [3.8, 4) is 11.5 Å². The molecule has 41 heavy (non-hydrogen) atoms. The zero-order valence-electron chi connectivity index (χ0n) is 27.5. The summed E-state index contributed by atoms with van der Waals surface area (Å²) in [4.78, 5) is 23.9. The van der Waals surface area contributed by atoms with Gasteiger partial charge in [0.05, 0.1) is 26.6 Å². The highest BCUT2D eigenvalue weighted by Gasteiger charge is 2.43. The van der Waals surface area contributed by atoms with Crippen LogP contribution in [0.4, 0.5) is 0 Å². The van der Waals surface area contributed by atoms with E-state index >= 15 is 0 Å². The van der Waals surface area contributed by atoms with E-state index in [9.17, 15) is 14.7 Å². The van der Waals surface area contributed by atoms with E-state index in [4.69, 9.17) is 9.47 Å². The summed E-state index contributed by atoms with van der Waals surface area (Å²) in [6.07, 6.45) is 11.6. The van der Waals surface area contributed by atoms with Gasteiger partial charge in [0, 0.05) is 11.5 Å². The second-order valence-corrected chi connectivity index (χ2v) is 13.5. The third kappa shape index (κ3) is 10.5. The zero-order valence-corrected chi connectivity index (χ0v) is 27.5. The van der Waals surface area contributed by atoms with E-state index in [2.05, 4.69) is 39.4 Å². The predicted molar refractivity (Wildman–Crippen MR) is 165 cm³/mol. The quantitative estimate of drug-likeness (QED) is 0.188. The maximum atomic E-state index is 12.4. The summed E-state index contributed by atoms with van der Waals surface area (Å²) in [7, 11) is 1.31.